The van der Waals surface area contributed by atoms with Gasteiger partial charge in [0.15, 0.2) is 0 Å². The molecule has 0 bridgehead atoms. The molecule has 4 aromatic carbocycles. The van der Waals surface area contributed by atoms with Crippen LogP contribution in [-0.2, 0) is 16.5 Å². The number of rotatable bonds is 3. The summed E-state index contributed by atoms with van der Waals surface area (Å²) in [5, 5.41) is 0.813. The molecule has 0 atom stereocenters. The van der Waals surface area contributed by atoms with Crippen LogP contribution in [0.2, 0.25) is 0 Å². The normalized spacial score (nSPS) is 10.9. The average Bonchev–Trinajstić information content (AvgIpc) is 2.90. The maximum Gasteiger partial charge on any atom is 0.201 e. The fourth-order valence-corrected chi connectivity index (χ4v) is 4.32. The van der Waals surface area contributed by atoms with Gasteiger partial charge in [0.05, 0.1) is 21.9 Å². The Labute approximate surface area is 210 Å². The van der Waals surface area contributed by atoms with Gasteiger partial charge in [-0.2, -0.15) is 0 Å². The van der Waals surface area contributed by atoms with Crippen LogP contribution in [0.3, 0.4) is 0 Å². The van der Waals surface area contributed by atoms with E-state index in [9.17, 15) is 9.59 Å². The molecule has 6 aromatic rings. The van der Waals surface area contributed by atoms with Crippen molar-refractivity contribution in [3.63, 3.8) is 0 Å². The maximum absolute atomic E-state index is 14.0. The van der Waals surface area contributed by atoms with Crippen LogP contribution in [-0.4, -0.2) is 0 Å². The molecule has 0 amide bonds. The van der Waals surface area contributed by atoms with Gasteiger partial charge < -0.3 is 8.83 Å². The minimum absolute atomic E-state index is 0. The van der Waals surface area contributed by atoms with Gasteiger partial charge >= 0.3 is 0 Å². The monoisotopic (exact) mass is 500 g/mol. The smallest absolute Gasteiger partial charge is 0.201 e. The van der Waals surface area contributed by atoms with Gasteiger partial charge in [-0.05, 0) is 24.3 Å². The number of fused-ring (bicyclic) bond motifs is 2. The molecule has 2 heterocycles. The third-order valence-electron chi connectivity index (χ3n) is 5.92. The third-order valence-corrected chi connectivity index (χ3v) is 5.92. The van der Waals surface area contributed by atoms with Crippen molar-refractivity contribution in [2.24, 2.45) is 0 Å². The molecule has 2 aromatic heterocycles. The van der Waals surface area contributed by atoms with E-state index < -0.39 is 0 Å². The first-order valence-electron chi connectivity index (χ1n) is 11.0. The van der Waals surface area contributed by atoms with Gasteiger partial charge in [-0.1, -0.05) is 84.9 Å². The molecule has 35 heavy (non-hydrogen) atoms. The van der Waals surface area contributed by atoms with Crippen molar-refractivity contribution in [1.29, 1.82) is 0 Å². The van der Waals surface area contributed by atoms with Gasteiger partial charge in [0, 0.05) is 27.6 Å². The van der Waals surface area contributed by atoms with E-state index in [2.05, 4.69) is 0 Å². The fraction of sp³-hybridized carbons (Fsp3) is 0. The van der Waals surface area contributed by atoms with E-state index >= 15 is 0 Å². The van der Waals surface area contributed by atoms with Crippen LogP contribution in [0.4, 0.5) is 0 Å². The summed E-state index contributed by atoms with van der Waals surface area (Å²) >= 11 is 0. The summed E-state index contributed by atoms with van der Waals surface area (Å²) in [5.41, 5.74) is 2.16. The van der Waals surface area contributed by atoms with Crippen molar-refractivity contribution in [2.45, 2.75) is 0 Å². The summed E-state index contributed by atoms with van der Waals surface area (Å²) in [6.07, 6.45) is 0. The summed E-state index contributed by atoms with van der Waals surface area (Å²) in [5.74, 6) is 0.674. The van der Waals surface area contributed by atoms with Crippen molar-refractivity contribution < 1.29 is 25.3 Å². The van der Waals surface area contributed by atoms with Crippen molar-refractivity contribution in [1.82, 2.24) is 0 Å². The van der Waals surface area contributed by atoms with Crippen molar-refractivity contribution in [3.05, 3.63) is 130 Å². The number of para-hydroxylation sites is 2. The SMILES string of the molecule is O=c1c(-c2c(-c3ccccc3)oc3ccccc3c2=O)c(-c2ccccc2)oc2ccccc12.[Ni]. The molecule has 0 spiro atoms. The molecule has 0 N–H and O–H groups in total. The summed E-state index contributed by atoms with van der Waals surface area (Å²) in [6.45, 7) is 0. The van der Waals surface area contributed by atoms with Gasteiger partial charge in [0.2, 0.25) is 10.9 Å². The van der Waals surface area contributed by atoms with E-state index in [0.29, 0.717) is 44.6 Å². The Balaban J connectivity index is 0.00000253. The minimum Gasteiger partial charge on any atom is -0.455 e. The second kappa shape index (κ2) is 9.21. The van der Waals surface area contributed by atoms with E-state index in [4.69, 9.17) is 8.83 Å². The number of benzene rings is 4. The first-order chi connectivity index (χ1) is 16.7. The molecular formula is C30H18NiO4. The van der Waals surface area contributed by atoms with Gasteiger partial charge in [0.1, 0.15) is 22.7 Å². The molecule has 6 rings (SSSR count). The van der Waals surface area contributed by atoms with E-state index in [1.54, 1.807) is 36.4 Å². The fourth-order valence-electron chi connectivity index (χ4n) is 4.32. The third kappa shape index (κ3) is 3.80. The Morgan fingerprint density at radius 1 is 0.429 bits per heavy atom. The zero-order chi connectivity index (χ0) is 23.1. The molecule has 0 aliphatic rings. The van der Waals surface area contributed by atoms with E-state index in [-0.39, 0.29) is 38.5 Å². The zero-order valence-electron chi connectivity index (χ0n) is 18.3. The van der Waals surface area contributed by atoms with Crippen molar-refractivity contribution in [2.75, 3.05) is 0 Å². The molecule has 0 saturated carbocycles. The average molecular weight is 501 g/mol. The van der Waals surface area contributed by atoms with Crippen LogP contribution >= 0.6 is 0 Å². The summed E-state index contributed by atoms with van der Waals surface area (Å²) in [6, 6.07) is 32.9. The summed E-state index contributed by atoms with van der Waals surface area (Å²) in [4.78, 5) is 27.9. The predicted octanol–water partition coefficient (Wildman–Crippen LogP) is 6.90. The topological polar surface area (TPSA) is 60.4 Å². The van der Waals surface area contributed by atoms with Crippen LogP contribution in [0, 0.1) is 0 Å². The van der Waals surface area contributed by atoms with E-state index in [1.807, 2.05) is 72.8 Å². The van der Waals surface area contributed by atoms with Gasteiger partial charge in [-0.25, -0.2) is 0 Å². The largest absolute Gasteiger partial charge is 0.455 e. The molecule has 0 unspecified atom stereocenters. The molecule has 0 aliphatic heterocycles. The number of hydrogen-bond acceptors (Lipinski definition) is 4. The van der Waals surface area contributed by atoms with Gasteiger partial charge in [0.25, 0.3) is 0 Å². The molecule has 5 heteroatoms. The Kier molecular flexibility index (Phi) is 5.94. The number of hydrogen-bond donors (Lipinski definition) is 0. The molecule has 0 fully saturated rings. The van der Waals surface area contributed by atoms with Crippen molar-refractivity contribution in [3.8, 4) is 33.8 Å². The maximum atomic E-state index is 14.0. The summed E-state index contributed by atoms with van der Waals surface area (Å²) in [7, 11) is 0. The van der Waals surface area contributed by atoms with Crippen LogP contribution in [0.15, 0.2) is 128 Å². The minimum atomic E-state index is -0.277. The Hall–Kier alpha value is -4.21. The Bertz CT molecular complexity index is 1650. The molecule has 172 valence electrons. The van der Waals surface area contributed by atoms with Crippen LogP contribution in [0.25, 0.3) is 55.7 Å². The molecule has 0 aliphatic carbocycles. The predicted molar refractivity (Wildman–Crippen MR) is 135 cm³/mol. The molecule has 0 radical (unpaired) electrons. The van der Waals surface area contributed by atoms with Crippen LogP contribution < -0.4 is 10.9 Å². The standard InChI is InChI=1S/C30H18O4.Ni/c31-27-21-15-7-9-17-23(21)33-29(19-11-3-1-4-12-19)25(27)26-28(32)22-16-8-10-18-24(22)34-30(26)20-13-5-2-6-14-20;/h1-18H;. The van der Waals surface area contributed by atoms with E-state index in [1.165, 1.54) is 0 Å². The Morgan fingerprint density at radius 3 is 1.17 bits per heavy atom. The first kappa shape index (κ1) is 22.6. The van der Waals surface area contributed by atoms with Crippen LogP contribution in [0.1, 0.15) is 0 Å². The van der Waals surface area contributed by atoms with Gasteiger partial charge in [-0.15, -0.1) is 0 Å². The quantitative estimate of drug-likeness (QED) is 0.248. The molecular weight excluding hydrogens is 483 g/mol. The first-order valence-corrected chi connectivity index (χ1v) is 11.0. The second-order valence-corrected chi connectivity index (χ2v) is 7.99. The second-order valence-electron chi connectivity index (χ2n) is 7.99. The van der Waals surface area contributed by atoms with E-state index in [0.717, 1.165) is 0 Å². The summed E-state index contributed by atoms with van der Waals surface area (Å²) < 4.78 is 12.6. The Morgan fingerprint density at radius 2 is 0.771 bits per heavy atom. The molecule has 4 nitrogen and oxygen atoms in total. The van der Waals surface area contributed by atoms with Gasteiger partial charge in [-0.3, -0.25) is 9.59 Å². The zero-order valence-corrected chi connectivity index (χ0v) is 19.3. The molecule has 0 saturated heterocycles. The van der Waals surface area contributed by atoms with Crippen LogP contribution in [0.5, 0.6) is 0 Å². The van der Waals surface area contributed by atoms with Crippen molar-refractivity contribution >= 4 is 21.9 Å².